The van der Waals surface area contributed by atoms with Crippen molar-refractivity contribution in [3.63, 3.8) is 0 Å². The van der Waals surface area contributed by atoms with Gasteiger partial charge in [0.15, 0.2) is 11.5 Å². The second kappa shape index (κ2) is 8.01. The fraction of sp³-hybridized carbons (Fsp3) is 0.125. The van der Waals surface area contributed by atoms with Crippen molar-refractivity contribution < 1.29 is 9.47 Å². The average Bonchev–Trinajstić information content (AvgIpc) is 3.27. The first-order valence-corrected chi connectivity index (χ1v) is 10.3. The molecular formula is C24H19ClN4O3. The van der Waals surface area contributed by atoms with Crippen LogP contribution in [-0.4, -0.2) is 33.4 Å². The highest BCUT2D eigenvalue weighted by atomic mass is 35.5. The van der Waals surface area contributed by atoms with Crippen molar-refractivity contribution in [1.29, 1.82) is 0 Å². The van der Waals surface area contributed by atoms with E-state index in [1.54, 1.807) is 30.9 Å². The minimum Gasteiger partial charge on any atom is -0.497 e. The molecule has 0 aliphatic carbocycles. The summed E-state index contributed by atoms with van der Waals surface area (Å²) in [4.78, 5) is 18.2. The molecule has 160 valence electrons. The van der Waals surface area contributed by atoms with E-state index in [9.17, 15) is 4.79 Å². The maximum Gasteiger partial charge on any atom is 0.351 e. The summed E-state index contributed by atoms with van der Waals surface area (Å²) in [6.45, 7) is 0.359. The van der Waals surface area contributed by atoms with Gasteiger partial charge in [0.05, 0.1) is 26.3 Å². The molecule has 0 N–H and O–H groups in total. The van der Waals surface area contributed by atoms with Crippen molar-refractivity contribution in [3.8, 4) is 22.9 Å². The van der Waals surface area contributed by atoms with Crippen LogP contribution in [0.2, 0.25) is 5.02 Å². The van der Waals surface area contributed by atoms with E-state index < -0.39 is 0 Å². The molecule has 0 fully saturated rings. The smallest absolute Gasteiger partial charge is 0.351 e. The molecule has 5 aromatic rings. The predicted octanol–water partition coefficient (Wildman–Crippen LogP) is 4.43. The molecule has 0 unspecified atom stereocenters. The van der Waals surface area contributed by atoms with Gasteiger partial charge in [0.2, 0.25) is 0 Å². The van der Waals surface area contributed by atoms with Crippen molar-refractivity contribution in [1.82, 2.24) is 19.2 Å². The number of nitrogens with zero attached hydrogens (tertiary/aromatic N) is 4. The first kappa shape index (κ1) is 20.1. The van der Waals surface area contributed by atoms with Crippen molar-refractivity contribution in [2.45, 2.75) is 6.54 Å². The number of halogens is 1. The zero-order valence-corrected chi connectivity index (χ0v) is 18.2. The van der Waals surface area contributed by atoms with Crippen LogP contribution in [0.4, 0.5) is 0 Å². The van der Waals surface area contributed by atoms with Crippen molar-refractivity contribution in [2.24, 2.45) is 0 Å². The first-order chi connectivity index (χ1) is 15.6. The highest BCUT2D eigenvalue weighted by Gasteiger charge is 2.17. The summed E-state index contributed by atoms with van der Waals surface area (Å²) in [5.41, 5.74) is 2.58. The van der Waals surface area contributed by atoms with Crippen LogP contribution in [0.1, 0.15) is 5.56 Å². The van der Waals surface area contributed by atoms with Gasteiger partial charge < -0.3 is 9.47 Å². The molecule has 0 aliphatic rings. The molecule has 0 saturated carbocycles. The minimum atomic E-state index is -0.285. The maximum absolute atomic E-state index is 13.5. The number of hydrogen-bond acceptors (Lipinski definition) is 5. The lowest BCUT2D eigenvalue weighted by Crippen LogP contribution is -2.28. The predicted molar refractivity (Wildman–Crippen MR) is 124 cm³/mol. The van der Waals surface area contributed by atoms with Gasteiger partial charge in [-0.05, 0) is 42.0 Å². The Labute approximate surface area is 188 Å². The van der Waals surface area contributed by atoms with Gasteiger partial charge in [0.25, 0.3) is 0 Å². The van der Waals surface area contributed by atoms with E-state index in [0.29, 0.717) is 40.1 Å². The Kier molecular flexibility index (Phi) is 5.03. The van der Waals surface area contributed by atoms with Crippen LogP contribution in [-0.2, 0) is 6.54 Å². The van der Waals surface area contributed by atoms with E-state index in [2.05, 4.69) is 5.10 Å². The van der Waals surface area contributed by atoms with Gasteiger partial charge in [-0.2, -0.15) is 4.52 Å². The average molecular weight is 447 g/mol. The number of benzene rings is 3. The molecule has 32 heavy (non-hydrogen) atoms. The summed E-state index contributed by atoms with van der Waals surface area (Å²) in [5, 5.41) is 5.98. The van der Waals surface area contributed by atoms with Crippen LogP contribution < -0.4 is 15.2 Å². The number of para-hydroxylation sites is 1. The Morgan fingerprint density at radius 2 is 1.69 bits per heavy atom. The van der Waals surface area contributed by atoms with Gasteiger partial charge in [-0.1, -0.05) is 35.9 Å². The van der Waals surface area contributed by atoms with E-state index in [1.807, 2.05) is 54.6 Å². The lowest BCUT2D eigenvalue weighted by Gasteiger charge is -2.11. The molecule has 0 amide bonds. The van der Waals surface area contributed by atoms with E-state index in [1.165, 1.54) is 4.52 Å². The summed E-state index contributed by atoms with van der Waals surface area (Å²) in [6, 6.07) is 20.5. The summed E-state index contributed by atoms with van der Waals surface area (Å²) in [5.74, 6) is 1.63. The monoisotopic (exact) mass is 446 g/mol. The molecule has 0 saturated heterocycles. The normalized spacial score (nSPS) is 11.2. The molecule has 2 heterocycles. The minimum absolute atomic E-state index is 0.285. The lowest BCUT2D eigenvalue weighted by molar-refractivity contribution is 0.394. The molecule has 0 aliphatic heterocycles. The van der Waals surface area contributed by atoms with Gasteiger partial charge >= 0.3 is 5.69 Å². The summed E-state index contributed by atoms with van der Waals surface area (Å²) < 4.78 is 13.7. The maximum atomic E-state index is 13.5. The molecule has 0 atom stereocenters. The van der Waals surface area contributed by atoms with Gasteiger partial charge in [-0.25, -0.2) is 9.78 Å². The summed E-state index contributed by atoms with van der Waals surface area (Å²) >= 11 is 6.15. The Morgan fingerprint density at radius 3 is 2.41 bits per heavy atom. The second-order valence-electron chi connectivity index (χ2n) is 7.29. The Hall–Kier alpha value is -3.84. The highest BCUT2D eigenvalue weighted by molar-refractivity contribution is 6.30. The number of aromatic nitrogens is 4. The molecule has 2 aromatic heterocycles. The molecule has 3 aromatic carbocycles. The number of ether oxygens (including phenoxy) is 2. The third-order valence-corrected chi connectivity index (χ3v) is 5.53. The van der Waals surface area contributed by atoms with E-state index in [0.717, 1.165) is 16.5 Å². The molecule has 0 radical (unpaired) electrons. The van der Waals surface area contributed by atoms with E-state index in [4.69, 9.17) is 26.1 Å². The van der Waals surface area contributed by atoms with Gasteiger partial charge in [0.1, 0.15) is 11.5 Å². The van der Waals surface area contributed by atoms with Crippen molar-refractivity contribution in [3.05, 3.63) is 87.8 Å². The summed E-state index contributed by atoms with van der Waals surface area (Å²) in [7, 11) is 3.16. The summed E-state index contributed by atoms with van der Waals surface area (Å²) in [6.07, 6.45) is 0. The van der Waals surface area contributed by atoms with Crippen LogP contribution >= 0.6 is 11.6 Å². The van der Waals surface area contributed by atoms with E-state index in [-0.39, 0.29) is 5.69 Å². The number of hydrogen-bond donors (Lipinski definition) is 0. The van der Waals surface area contributed by atoms with Gasteiger partial charge in [-0.15, -0.1) is 5.10 Å². The van der Waals surface area contributed by atoms with Gasteiger partial charge in [0, 0.05) is 22.0 Å². The zero-order valence-electron chi connectivity index (χ0n) is 17.4. The Bertz CT molecular complexity index is 1500. The van der Waals surface area contributed by atoms with Crippen LogP contribution in [0.15, 0.2) is 71.5 Å². The fourth-order valence-corrected chi connectivity index (χ4v) is 3.98. The number of rotatable bonds is 5. The largest absolute Gasteiger partial charge is 0.497 e. The van der Waals surface area contributed by atoms with Crippen LogP contribution in [0.25, 0.3) is 27.9 Å². The van der Waals surface area contributed by atoms with Crippen LogP contribution in [0.5, 0.6) is 11.5 Å². The highest BCUT2D eigenvalue weighted by Crippen LogP contribution is 2.29. The van der Waals surface area contributed by atoms with Crippen LogP contribution in [0.3, 0.4) is 0 Å². The second-order valence-corrected chi connectivity index (χ2v) is 7.72. The standard InChI is InChI=1S/C24H19ClN4O3/c1-31-18-11-16(12-19(13-18)32-2)22-26-23-20-8-3-4-9-21(20)28(24(30)29(23)27-22)14-15-6-5-7-17(25)10-15/h3-13H,14H2,1-2H3. The third kappa shape index (κ3) is 3.46. The molecule has 5 rings (SSSR count). The number of methoxy groups -OCH3 is 2. The Balaban J connectivity index is 1.74. The molecule has 7 nitrogen and oxygen atoms in total. The van der Waals surface area contributed by atoms with Crippen molar-refractivity contribution in [2.75, 3.05) is 14.2 Å². The topological polar surface area (TPSA) is 70.7 Å². The molecule has 0 spiro atoms. The zero-order chi connectivity index (χ0) is 22.2. The first-order valence-electron chi connectivity index (χ1n) is 9.93. The SMILES string of the molecule is COc1cc(OC)cc(-c2nc3c4ccccc4n(Cc4cccc(Cl)c4)c(=O)n3n2)c1. The van der Waals surface area contributed by atoms with Crippen LogP contribution in [0, 0.1) is 0 Å². The third-order valence-electron chi connectivity index (χ3n) is 5.29. The van der Waals surface area contributed by atoms with Crippen molar-refractivity contribution >= 4 is 28.2 Å². The lowest BCUT2D eigenvalue weighted by atomic mass is 10.2. The van der Waals surface area contributed by atoms with E-state index >= 15 is 0 Å². The number of fused-ring (bicyclic) bond motifs is 3. The van der Waals surface area contributed by atoms with Gasteiger partial charge in [-0.3, -0.25) is 4.57 Å². The quantitative estimate of drug-likeness (QED) is 0.399. The fourth-order valence-electron chi connectivity index (χ4n) is 3.76. The molecule has 8 heteroatoms. The molecule has 0 bridgehead atoms. The Morgan fingerprint density at radius 1 is 0.938 bits per heavy atom. The molecular weight excluding hydrogens is 428 g/mol.